The molecule has 23 heavy (non-hydrogen) atoms. The van der Waals surface area contributed by atoms with Crippen molar-refractivity contribution in [3.8, 4) is 11.5 Å². The zero-order chi connectivity index (χ0) is 16.2. The lowest BCUT2D eigenvalue weighted by molar-refractivity contribution is -0.143. The molecule has 0 saturated heterocycles. The van der Waals surface area contributed by atoms with Crippen LogP contribution in [-0.4, -0.2) is 41.2 Å². The molecule has 0 bridgehead atoms. The number of fused-ring (bicyclic) bond motifs is 1. The Bertz CT molecular complexity index is 690. The molecule has 120 valence electrons. The maximum atomic E-state index is 11.8. The topological polar surface area (TPSA) is 71.9 Å². The largest absolute Gasteiger partial charge is 0.486 e. The fourth-order valence-electron chi connectivity index (χ4n) is 2.65. The van der Waals surface area contributed by atoms with Gasteiger partial charge >= 0.3 is 5.97 Å². The van der Waals surface area contributed by atoms with E-state index in [1.807, 2.05) is 18.2 Å². The van der Waals surface area contributed by atoms with Crippen LogP contribution in [-0.2, 0) is 11.3 Å². The summed E-state index contributed by atoms with van der Waals surface area (Å²) in [4.78, 5) is 17.8. The van der Waals surface area contributed by atoms with Crippen LogP contribution >= 0.6 is 0 Å². The fraction of sp³-hybridized carbons (Fsp3) is 0.294. The van der Waals surface area contributed by atoms with Crippen molar-refractivity contribution in [3.05, 3.63) is 53.9 Å². The number of ether oxygens (including phenoxy) is 2. The summed E-state index contributed by atoms with van der Waals surface area (Å²) >= 11 is 0. The Hall–Kier alpha value is -2.60. The zero-order valence-electron chi connectivity index (χ0n) is 12.8. The van der Waals surface area contributed by atoms with Crippen LogP contribution in [0.5, 0.6) is 11.5 Å². The van der Waals surface area contributed by atoms with E-state index in [1.165, 1.54) is 0 Å². The van der Waals surface area contributed by atoms with Crippen molar-refractivity contribution in [1.29, 1.82) is 0 Å². The second-order valence-corrected chi connectivity index (χ2v) is 5.38. The van der Waals surface area contributed by atoms with E-state index >= 15 is 0 Å². The summed E-state index contributed by atoms with van der Waals surface area (Å²) in [7, 11) is 1.77. The van der Waals surface area contributed by atoms with Gasteiger partial charge in [0.2, 0.25) is 0 Å². The molecule has 2 aromatic rings. The maximum Gasteiger partial charge on any atom is 0.325 e. The summed E-state index contributed by atoms with van der Waals surface area (Å²) in [5.74, 6) is 0.322. The minimum atomic E-state index is -0.917. The average molecular weight is 314 g/mol. The Morgan fingerprint density at radius 2 is 2.04 bits per heavy atom. The molecule has 0 radical (unpaired) electrons. The normalized spacial score (nSPS) is 14.5. The highest BCUT2D eigenvalue weighted by Gasteiger charge is 2.26. The number of carboxylic acid groups (broad SMARTS) is 1. The first-order chi connectivity index (χ1) is 11.1. The van der Waals surface area contributed by atoms with Crippen molar-refractivity contribution in [2.75, 3.05) is 20.3 Å². The van der Waals surface area contributed by atoms with Gasteiger partial charge in [-0.05, 0) is 36.9 Å². The van der Waals surface area contributed by atoms with Crippen molar-refractivity contribution in [3.63, 3.8) is 0 Å². The van der Waals surface area contributed by atoms with Gasteiger partial charge in [0.05, 0.1) is 5.69 Å². The van der Waals surface area contributed by atoms with Gasteiger partial charge in [-0.1, -0.05) is 12.1 Å². The quantitative estimate of drug-likeness (QED) is 0.911. The van der Waals surface area contributed by atoms with Crippen LogP contribution in [0.2, 0.25) is 0 Å². The first kappa shape index (κ1) is 15.3. The third-order valence-corrected chi connectivity index (χ3v) is 3.69. The van der Waals surface area contributed by atoms with Crippen molar-refractivity contribution in [2.24, 2.45) is 0 Å². The van der Waals surface area contributed by atoms with Gasteiger partial charge in [-0.3, -0.25) is 14.7 Å². The predicted molar refractivity (Wildman–Crippen MR) is 83.5 cm³/mol. The molecule has 2 heterocycles. The van der Waals surface area contributed by atoms with Crippen LogP contribution < -0.4 is 9.47 Å². The summed E-state index contributed by atoms with van der Waals surface area (Å²) in [6.07, 6.45) is 1.70. The van der Waals surface area contributed by atoms with E-state index in [0.717, 1.165) is 5.69 Å². The number of carbonyl (C=O) groups is 1. The Kier molecular flexibility index (Phi) is 4.43. The number of aromatic nitrogens is 1. The van der Waals surface area contributed by atoms with Crippen LogP contribution in [0.25, 0.3) is 0 Å². The molecule has 0 saturated carbocycles. The molecule has 0 spiro atoms. The summed E-state index contributed by atoms with van der Waals surface area (Å²) in [5.41, 5.74) is 1.47. The standard InChI is InChI=1S/C17H18N2O4/c1-19(11-13-4-2-3-7-18-13)16(17(20)21)12-5-6-14-15(10-12)23-9-8-22-14/h2-7,10,16H,8-9,11H2,1H3,(H,20,21)/t16-/m1/s1. The number of benzene rings is 1. The van der Waals surface area contributed by atoms with Gasteiger partial charge in [-0.25, -0.2) is 0 Å². The van der Waals surface area contributed by atoms with Gasteiger partial charge in [0, 0.05) is 12.7 Å². The molecule has 1 aliphatic heterocycles. The highest BCUT2D eigenvalue weighted by atomic mass is 16.6. The van der Waals surface area contributed by atoms with E-state index in [9.17, 15) is 9.90 Å². The van der Waals surface area contributed by atoms with Crippen molar-refractivity contribution in [2.45, 2.75) is 12.6 Å². The Morgan fingerprint density at radius 1 is 1.26 bits per heavy atom. The lowest BCUT2D eigenvalue weighted by Gasteiger charge is -2.26. The van der Waals surface area contributed by atoms with E-state index in [0.29, 0.717) is 36.8 Å². The molecular formula is C17H18N2O4. The molecule has 6 heteroatoms. The lowest BCUT2D eigenvalue weighted by atomic mass is 10.0. The van der Waals surface area contributed by atoms with Crippen molar-refractivity contribution >= 4 is 5.97 Å². The average Bonchev–Trinajstić information content (AvgIpc) is 2.55. The lowest BCUT2D eigenvalue weighted by Crippen LogP contribution is -2.31. The smallest absolute Gasteiger partial charge is 0.325 e. The molecule has 0 aliphatic carbocycles. The summed E-state index contributed by atoms with van der Waals surface area (Å²) in [6, 6.07) is 10.1. The number of aliphatic carboxylic acids is 1. The third kappa shape index (κ3) is 3.43. The van der Waals surface area contributed by atoms with Crippen molar-refractivity contribution in [1.82, 2.24) is 9.88 Å². The minimum absolute atomic E-state index is 0.437. The van der Waals surface area contributed by atoms with E-state index < -0.39 is 12.0 Å². The number of carboxylic acids is 1. The second kappa shape index (κ2) is 6.66. The second-order valence-electron chi connectivity index (χ2n) is 5.38. The van der Waals surface area contributed by atoms with Gasteiger partial charge in [0.25, 0.3) is 0 Å². The van der Waals surface area contributed by atoms with Crippen LogP contribution in [0.1, 0.15) is 17.3 Å². The molecule has 3 rings (SSSR count). The molecule has 1 atom stereocenters. The van der Waals surface area contributed by atoms with Crippen LogP contribution in [0.15, 0.2) is 42.6 Å². The fourth-order valence-corrected chi connectivity index (χ4v) is 2.65. The molecule has 1 aromatic heterocycles. The van der Waals surface area contributed by atoms with Gasteiger partial charge in [-0.15, -0.1) is 0 Å². The molecule has 1 aliphatic rings. The van der Waals surface area contributed by atoms with Crippen LogP contribution in [0.4, 0.5) is 0 Å². The molecular weight excluding hydrogens is 296 g/mol. The SMILES string of the molecule is CN(Cc1ccccn1)[C@@H](C(=O)O)c1ccc2c(c1)OCCO2. The first-order valence-electron chi connectivity index (χ1n) is 7.37. The monoisotopic (exact) mass is 314 g/mol. The van der Waals surface area contributed by atoms with Crippen molar-refractivity contribution < 1.29 is 19.4 Å². The zero-order valence-corrected chi connectivity index (χ0v) is 12.8. The van der Waals surface area contributed by atoms with Gasteiger partial charge < -0.3 is 14.6 Å². The predicted octanol–water partition coefficient (Wildman–Crippen LogP) is 2.11. The number of likely N-dealkylation sites (N-methyl/N-ethyl adjacent to an activating group) is 1. The summed E-state index contributed by atoms with van der Waals surface area (Å²) < 4.78 is 11.0. The maximum absolute atomic E-state index is 11.8. The van der Waals surface area contributed by atoms with E-state index in [-0.39, 0.29) is 0 Å². The number of rotatable bonds is 5. The first-order valence-corrected chi connectivity index (χ1v) is 7.37. The number of hydrogen-bond acceptors (Lipinski definition) is 5. The molecule has 0 fully saturated rings. The minimum Gasteiger partial charge on any atom is -0.486 e. The molecule has 1 aromatic carbocycles. The number of hydrogen-bond donors (Lipinski definition) is 1. The number of nitrogens with zero attached hydrogens (tertiary/aromatic N) is 2. The molecule has 6 nitrogen and oxygen atoms in total. The van der Waals surface area contributed by atoms with Gasteiger partial charge in [0.1, 0.15) is 19.3 Å². The molecule has 0 amide bonds. The van der Waals surface area contributed by atoms with E-state index in [4.69, 9.17) is 9.47 Å². The van der Waals surface area contributed by atoms with Crippen LogP contribution in [0, 0.1) is 0 Å². The van der Waals surface area contributed by atoms with E-state index in [2.05, 4.69) is 4.98 Å². The summed E-state index contributed by atoms with van der Waals surface area (Å²) in [6.45, 7) is 1.42. The van der Waals surface area contributed by atoms with Crippen LogP contribution in [0.3, 0.4) is 0 Å². The third-order valence-electron chi connectivity index (χ3n) is 3.69. The van der Waals surface area contributed by atoms with Gasteiger partial charge in [-0.2, -0.15) is 0 Å². The number of pyridine rings is 1. The van der Waals surface area contributed by atoms with Gasteiger partial charge in [0.15, 0.2) is 11.5 Å². The molecule has 0 unspecified atom stereocenters. The Balaban J connectivity index is 1.85. The summed E-state index contributed by atoms with van der Waals surface area (Å²) in [5, 5.41) is 9.65. The highest BCUT2D eigenvalue weighted by molar-refractivity contribution is 5.76. The Labute approximate surface area is 134 Å². The highest BCUT2D eigenvalue weighted by Crippen LogP contribution is 2.34. The van der Waals surface area contributed by atoms with E-state index in [1.54, 1.807) is 36.3 Å². The Morgan fingerprint density at radius 3 is 2.74 bits per heavy atom. The molecule has 1 N–H and O–H groups in total.